The van der Waals surface area contributed by atoms with Gasteiger partial charge in [0.05, 0.1) is 6.54 Å². The predicted molar refractivity (Wildman–Crippen MR) is 69.6 cm³/mol. The van der Waals surface area contributed by atoms with Crippen LogP contribution in [-0.2, 0) is 13.1 Å². The van der Waals surface area contributed by atoms with Crippen LogP contribution in [0.2, 0.25) is 0 Å². The molecule has 0 saturated carbocycles. The smallest absolute Gasteiger partial charge is 0.118 e. The topological polar surface area (TPSA) is 42.4 Å². The lowest BCUT2D eigenvalue weighted by Gasteiger charge is -2.13. The molecule has 0 aliphatic carbocycles. The van der Waals surface area contributed by atoms with Gasteiger partial charge < -0.3 is 10.2 Å². The van der Waals surface area contributed by atoms with Crippen molar-refractivity contribution in [2.45, 2.75) is 46.2 Å². The van der Waals surface area contributed by atoms with Crippen molar-refractivity contribution in [3.05, 3.63) is 23.2 Å². The Kier molecular flexibility index (Phi) is 4.24. The lowest BCUT2D eigenvalue weighted by molar-refractivity contribution is 0.281. The van der Waals surface area contributed by atoms with E-state index in [1.807, 2.05) is 6.92 Å². The zero-order valence-electron chi connectivity index (χ0n) is 11.0. The molecule has 3 nitrogen and oxygen atoms in total. The van der Waals surface area contributed by atoms with Gasteiger partial charge in [0.2, 0.25) is 0 Å². The largest absolute Gasteiger partial charge is 0.465 e. The number of rotatable bonds is 5. The third-order valence-electron chi connectivity index (χ3n) is 3.74. The van der Waals surface area contributed by atoms with Crippen LogP contribution in [0.1, 0.15) is 43.3 Å². The van der Waals surface area contributed by atoms with Gasteiger partial charge in [-0.05, 0) is 38.3 Å². The molecule has 1 saturated heterocycles. The van der Waals surface area contributed by atoms with Gasteiger partial charge in [-0.1, -0.05) is 13.3 Å². The minimum absolute atomic E-state index is 0.577. The molecule has 96 valence electrons. The van der Waals surface area contributed by atoms with E-state index < -0.39 is 0 Å². The maximum Gasteiger partial charge on any atom is 0.118 e. The van der Waals surface area contributed by atoms with Crippen molar-refractivity contribution in [1.82, 2.24) is 4.90 Å². The first-order valence-corrected chi connectivity index (χ1v) is 6.73. The summed E-state index contributed by atoms with van der Waals surface area (Å²) in [6.45, 7) is 8.23. The van der Waals surface area contributed by atoms with Crippen molar-refractivity contribution < 1.29 is 4.42 Å². The molecule has 1 fully saturated rings. The third kappa shape index (κ3) is 3.11. The molecule has 1 aromatic rings. The van der Waals surface area contributed by atoms with E-state index in [2.05, 4.69) is 17.9 Å². The van der Waals surface area contributed by atoms with E-state index >= 15 is 0 Å². The summed E-state index contributed by atoms with van der Waals surface area (Å²) < 4.78 is 5.74. The lowest BCUT2D eigenvalue weighted by Crippen LogP contribution is -2.19. The molecule has 0 radical (unpaired) electrons. The van der Waals surface area contributed by atoms with Gasteiger partial charge in [-0.25, -0.2) is 0 Å². The number of hydrogen-bond donors (Lipinski definition) is 1. The Morgan fingerprint density at radius 3 is 3.00 bits per heavy atom. The van der Waals surface area contributed by atoms with E-state index in [0.717, 1.165) is 29.5 Å². The molecule has 0 aromatic carbocycles. The van der Waals surface area contributed by atoms with Gasteiger partial charge in [0.25, 0.3) is 0 Å². The van der Waals surface area contributed by atoms with Gasteiger partial charge in [0, 0.05) is 18.7 Å². The second-order valence-corrected chi connectivity index (χ2v) is 5.18. The third-order valence-corrected chi connectivity index (χ3v) is 3.74. The fourth-order valence-electron chi connectivity index (χ4n) is 2.79. The maximum atomic E-state index is 5.74. The van der Waals surface area contributed by atoms with E-state index in [0.29, 0.717) is 6.54 Å². The van der Waals surface area contributed by atoms with Crippen molar-refractivity contribution >= 4 is 0 Å². The lowest BCUT2D eigenvalue weighted by atomic mass is 10.0. The number of likely N-dealkylation sites (tertiary alicyclic amines) is 1. The van der Waals surface area contributed by atoms with Gasteiger partial charge in [-0.2, -0.15) is 0 Å². The fraction of sp³-hybridized carbons (Fsp3) is 0.714. The number of aryl methyl sites for hydroxylation is 1. The molecule has 1 aromatic heterocycles. The monoisotopic (exact) mass is 236 g/mol. The first kappa shape index (κ1) is 12.7. The first-order valence-electron chi connectivity index (χ1n) is 6.73. The average Bonchev–Trinajstić information content (AvgIpc) is 2.87. The molecular formula is C14H24N2O. The second kappa shape index (κ2) is 5.69. The molecule has 17 heavy (non-hydrogen) atoms. The molecular weight excluding hydrogens is 212 g/mol. The Hall–Kier alpha value is -0.800. The summed E-state index contributed by atoms with van der Waals surface area (Å²) in [6, 6.07) is 2.11. The van der Waals surface area contributed by atoms with Crippen LogP contribution in [-0.4, -0.2) is 18.0 Å². The highest BCUT2D eigenvalue weighted by atomic mass is 16.3. The summed E-state index contributed by atoms with van der Waals surface area (Å²) in [5, 5.41) is 0. The van der Waals surface area contributed by atoms with Crippen molar-refractivity contribution in [3.8, 4) is 0 Å². The average molecular weight is 236 g/mol. The molecule has 0 amide bonds. The summed E-state index contributed by atoms with van der Waals surface area (Å²) >= 11 is 0. The van der Waals surface area contributed by atoms with E-state index in [1.165, 1.54) is 32.4 Å². The van der Waals surface area contributed by atoms with Gasteiger partial charge >= 0.3 is 0 Å². The van der Waals surface area contributed by atoms with E-state index in [1.54, 1.807) is 0 Å². The normalized spacial score (nSPS) is 21.2. The van der Waals surface area contributed by atoms with Gasteiger partial charge in [-0.3, -0.25) is 4.90 Å². The highest BCUT2D eigenvalue weighted by molar-refractivity contribution is 5.20. The summed E-state index contributed by atoms with van der Waals surface area (Å²) in [5.74, 6) is 2.94. The highest BCUT2D eigenvalue weighted by Gasteiger charge is 2.22. The molecule has 0 bridgehead atoms. The molecule has 1 atom stereocenters. The zero-order valence-corrected chi connectivity index (χ0v) is 11.0. The zero-order chi connectivity index (χ0) is 12.3. The van der Waals surface area contributed by atoms with Crippen LogP contribution in [0.15, 0.2) is 10.5 Å². The van der Waals surface area contributed by atoms with Crippen LogP contribution >= 0.6 is 0 Å². The molecule has 2 heterocycles. The van der Waals surface area contributed by atoms with Crippen LogP contribution in [0.5, 0.6) is 0 Å². The molecule has 0 spiro atoms. The molecule has 1 unspecified atom stereocenters. The standard InChI is InChI=1S/C14H24N2O/c1-3-4-12-5-6-16(9-12)10-14-7-13(8-15)11(2)17-14/h7,12H,3-6,8-10,15H2,1-2H3. The summed E-state index contributed by atoms with van der Waals surface area (Å²) in [4.78, 5) is 2.50. The van der Waals surface area contributed by atoms with E-state index in [4.69, 9.17) is 10.2 Å². The van der Waals surface area contributed by atoms with Gasteiger partial charge in [-0.15, -0.1) is 0 Å². The number of nitrogens with two attached hydrogens (primary N) is 1. The Bertz CT molecular complexity index is 359. The van der Waals surface area contributed by atoms with Crippen LogP contribution in [0.25, 0.3) is 0 Å². The maximum absolute atomic E-state index is 5.74. The van der Waals surface area contributed by atoms with Crippen molar-refractivity contribution in [2.75, 3.05) is 13.1 Å². The van der Waals surface area contributed by atoms with Crippen molar-refractivity contribution in [3.63, 3.8) is 0 Å². The SMILES string of the molecule is CCCC1CCN(Cc2cc(CN)c(C)o2)C1. The van der Waals surface area contributed by atoms with Gasteiger partial charge in [0.1, 0.15) is 11.5 Å². The number of nitrogens with zero attached hydrogens (tertiary/aromatic N) is 1. The summed E-state index contributed by atoms with van der Waals surface area (Å²) in [7, 11) is 0. The Morgan fingerprint density at radius 1 is 1.53 bits per heavy atom. The molecule has 2 N–H and O–H groups in total. The summed E-state index contributed by atoms with van der Waals surface area (Å²) in [6.07, 6.45) is 4.01. The van der Waals surface area contributed by atoms with E-state index in [-0.39, 0.29) is 0 Å². The first-order chi connectivity index (χ1) is 8.22. The van der Waals surface area contributed by atoms with Crippen LogP contribution in [0.4, 0.5) is 0 Å². The predicted octanol–water partition coefficient (Wildman–Crippen LogP) is 2.67. The van der Waals surface area contributed by atoms with Crippen LogP contribution < -0.4 is 5.73 Å². The van der Waals surface area contributed by atoms with Crippen molar-refractivity contribution in [2.24, 2.45) is 11.7 Å². The Labute approximate surface area is 104 Å². The minimum Gasteiger partial charge on any atom is -0.465 e. The molecule has 2 rings (SSSR count). The number of furan rings is 1. The quantitative estimate of drug-likeness (QED) is 0.854. The molecule has 1 aliphatic rings. The van der Waals surface area contributed by atoms with Gasteiger partial charge in [0.15, 0.2) is 0 Å². The molecule has 3 heteroatoms. The fourth-order valence-corrected chi connectivity index (χ4v) is 2.79. The molecule has 1 aliphatic heterocycles. The second-order valence-electron chi connectivity index (χ2n) is 5.18. The Morgan fingerprint density at radius 2 is 2.35 bits per heavy atom. The van der Waals surface area contributed by atoms with Crippen LogP contribution in [0, 0.1) is 12.8 Å². The highest BCUT2D eigenvalue weighted by Crippen LogP contribution is 2.23. The van der Waals surface area contributed by atoms with E-state index in [9.17, 15) is 0 Å². The number of hydrogen-bond acceptors (Lipinski definition) is 3. The minimum atomic E-state index is 0.577. The Balaban J connectivity index is 1.89. The summed E-state index contributed by atoms with van der Waals surface area (Å²) in [5.41, 5.74) is 6.80. The van der Waals surface area contributed by atoms with Crippen LogP contribution in [0.3, 0.4) is 0 Å². The van der Waals surface area contributed by atoms with Crippen molar-refractivity contribution in [1.29, 1.82) is 0 Å².